The zero-order valence-corrected chi connectivity index (χ0v) is 12.9. The Morgan fingerprint density at radius 1 is 1.35 bits per heavy atom. The van der Waals surface area contributed by atoms with Crippen molar-refractivity contribution in [2.24, 2.45) is 0 Å². The molecule has 1 aromatic rings. The molecule has 0 fully saturated rings. The number of hydrogen-bond donors (Lipinski definition) is 2. The summed E-state index contributed by atoms with van der Waals surface area (Å²) in [6.07, 6.45) is 1.11. The molecular formula is C16H25N3O. The molecule has 1 aliphatic rings. The second kappa shape index (κ2) is 6.27. The van der Waals surface area contributed by atoms with Crippen molar-refractivity contribution in [1.82, 2.24) is 5.32 Å². The average Bonchev–Trinajstić information content (AvgIpc) is 2.75. The summed E-state index contributed by atoms with van der Waals surface area (Å²) in [5.74, 6) is 0.0468. The molecule has 0 aliphatic carbocycles. The van der Waals surface area contributed by atoms with Gasteiger partial charge in [-0.3, -0.25) is 4.79 Å². The topological polar surface area (TPSA) is 44.4 Å². The van der Waals surface area contributed by atoms with E-state index in [0.29, 0.717) is 6.04 Å². The van der Waals surface area contributed by atoms with Crippen LogP contribution in [-0.2, 0) is 4.79 Å². The van der Waals surface area contributed by atoms with Crippen LogP contribution in [0.5, 0.6) is 0 Å². The first kappa shape index (κ1) is 14.9. The highest BCUT2D eigenvalue weighted by Gasteiger charge is 2.30. The fourth-order valence-electron chi connectivity index (χ4n) is 2.80. The van der Waals surface area contributed by atoms with E-state index in [0.717, 1.165) is 30.8 Å². The van der Waals surface area contributed by atoms with Crippen LogP contribution in [0.25, 0.3) is 0 Å². The van der Waals surface area contributed by atoms with Gasteiger partial charge in [-0.15, -0.1) is 0 Å². The Morgan fingerprint density at radius 2 is 2.10 bits per heavy atom. The molecule has 0 radical (unpaired) electrons. The third-order valence-corrected chi connectivity index (χ3v) is 4.07. The molecule has 2 unspecified atom stereocenters. The lowest BCUT2D eigenvalue weighted by atomic mass is 10.1. The zero-order valence-electron chi connectivity index (χ0n) is 12.9. The van der Waals surface area contributed by atoms with Gasteiger partial charge in [0.05, 0.1) is 0 Å². The molecule has 0 bridgehead atoms. The van der Waals surface area contributed by atoms with Crippen LogP contribution in [-0.4, -0.2) is 25.0 Å². The second-order valence-electron chi connectivity index (χ2n) is 5.29. The Labute approximate surface area is 121 Å². The van der Waals surface area contributed by atoms with E-state index in [9.17, 15) is 4.79 Å². The van der Waals surface area contributed by atoms with Crippen LogP contribution in [0, 0.1) is 0 Å². The molecule has 2 N–H and O–H groups in total. The minimum absolute atomic E-state index is 0.0468. The van der Waals surface area contributed by atoms with Gasteiger partial charge >= 0.3 is 0 Å². The normalized spacial score (nSPS) is 18.6. The van der Waals surface area contributed by atoms with Crippen LogP contribution in [0.2, 0.25) is 0 Å². The predicted molar refractivity (Wildman–Crippen MR) is 84.3 cm³/mol. The van der Waals surface area contributed by atoms with Gasteiger partial charge in [0.15, 0.2) is 0 Å². The van der Waals surface area contributed by atoms with Crippen molar-refractivity contribution in [3.8, 4) is 0 Å². The SMILES string of the molecule is CCNC1C(=O)Nc2cc(N(CC)C(C)CC)ccc21. The number of amides is 1. The van der Waals surface area contributed by atoms with Crippen LogP contribution < -0.4 is 15.5 Å². The molecule has 0 saturated carbocycles. The quantitative estimate of drug-likeness (QED) is 0.839. The molecule has 4 heteroatoms. The average molecular weight is 275 g/mol. The maximum atomic E-state index is 12.0. The summed E-state index contributed by atoms with van der Waals surface area (Å²) in [5.41, 5.74) is 3.18. The van der Waals surface area contributed by atoms with Gasteiger partial charge in [0.1, 0.15) is 6.04 Å². The van der Waals surface area contributed by atoms with E-state index in [1.807, 2.05) is 6.92 Å². The first-order valence-electron chi connectivity index (χ1n) is 7.57. The summed E-state index contributed by atoms with van der Waals surface area (Å²) in [6, 6.07) is 6.59. The van der Waals surface area contributed by atoms with Crippen molar-refractivity contribution in [2.45, 2.75) is 46.2 Å². The van der Waals surface area contributed by atoms with Crippen molar-refractivity contribution in [3.05, 3.63) is 23.8 Å². The van der Waals surface area contributed by atoms with Gasteiger partial charge in [-0.1, -0.05) is 19.9 Å². The van der Waals surface area contributed by atoms with Crippen molar-refractivity contribution in [3.63, 3.8) is 0 Å². The molecule has 0 saturated heterocycles. The standard InChI is InChI=1S/C16H25N3O/c1-5-11(4)19(7-3)12-8-9-13-14(10-12)18-16(20)15(13)17-6-2/h8-11,15,17H,5-7H2,1-4H3,(H,18,20). The van der Waals surface area contributed by atoms with Crippen LogP contribution in [0.3, 0.4) is 0 Å². The molecule has 2 atom stereocenters. The highest BCUT2D eigenvalue weighted by molar-refractivity contribution is 6.03. The molecule has 2 rings (SSSR count). The van der Waals surface area contributed by atoms with Crippen LogP contribution >= 0.6 is 0 Å². The summed E-state index contributed by atoms with van der Waals surface area (Å²) in [4.78, 5) is 14.3. The number of carbonyl (C=O) groups is 1. The Balaban J connectivity index is 2.29. The van der Waals surface area contributed by atoms with Crippen LogP contribution in [0.1, 0.15) is 45.7 Å². The third-order valence-electron chi connectivity index (χ3n) is 4.07. The highest BCUT2D eigenvalue weighted by atomic mass is 16.2. The van der Waals surface area contributed by atoms with Crippen LogP contribution in [0.15, 0.2) is 18.2 Å². The number of likely N-dealkylation sites (N-methyl/N-ethyl adjacent to an activating group) is 1. The molecule has 110 valence electrons. The fraction of sp³-hybridized carbons (Fsp3) is 0.562. The van der Waals surface area contributed by atoms with Gasteiger partial charge in [0.25, 0.3) is 0 Å². The fourth-order valence-corrected chi connectivity index (χ4v) is 2.80. The Hall–Kier alpha value is -1.55. The second-order valence-corrected chi connectivity index (χ2v) is 5.29. The monoisotopic (exact) mass is 275 g/mol. The van der Waals surface area contributed by atoms with Gasteiger partial charge in [-0.2, -0.15) is 0 Å². The van der Waals surface area contributed by atoms with E-state index >= 15 is 0 Å². The number of anilines is 2. The number of carbonyl (C=O) groups excluding carboxylic acids is 1. The summed E-state index contributed by atoms with van der Waals surface area (Å²) in [7, 11) is 0. The number of nitrogens with zero attached hydrogens (tertiary/aromatic N) is 1. The Morgan fingerprint density at radius 3 is 2.70 bits per heavy atom. The molecule has 4 nitrogen and oxygen atoms in total. The Kier molecular flexibility index (Phi) is 4.65. The predicted octanol–water partition coefficient (Wildman–Crippen LogP) is 2.91. The lowest BCUT2D eigenvalue weighted by Crippen LogP contribution is -2.32. The minimum atomic E-state index is -0.206. The smallest absolute Gasteiger partial charge is 0.246 e. The number of nitrogens with one attached hydrogen (secondary N) is 2. The van der Waals surface area contributed by atoms with Crippen molar-refractivity contribution >= 4 is 17.3 Å². The maximum absolute atomic E-state index is 12.0. The lowest BCUT2D eigenvalue weighted by molar-refractivity contribution is -0.117. The van der Waals surface area contributed by atoms with E-state index in [4.69, 9.17) is 0 Å². The number of rotatable bonds is 6. The molecule has 1 amide bonds. The molecule has 0 aromatic heterocycles. The largest absolute Gasteiger partial charge is 0.369 e. The molecule has 1 heterocycles. The van der Waals surface area contributed by atoms with Gasteiger partial charge in [0, 0.05) is 29.5 Å². The van der Waals surface area contributed by atoms with E-state index in [1.165, 1.54) is 5.69 Å². The van der Waals surface area contributed by atoms with Crippen molar-refractivity contribution < 1.29 is 4.79 Å². The van der Waals surface area contributed by atoms with Gasteiger partial charge in [-0.25, -0.2) is 0 Å². The number of fused-ring (bicyclic) bond motifs is 1. The summed E-state index contributed by atoms with van der Waals surface area (Å²) < 4.78 is 0. The van der Waals surface area contributed by atoms with E-state index < -0.39 is 0 Å². The summed E-state index contributed by atoms with van der Waals surface area (Å²) >= 11 is 0. The lowest BCUT2D eigenvalue weighted by Gasteiger charge is -2.30. The summed E-state index contributed by atoms with van der Waals surface area (Å²) in [5, 5.41) is 6.20. The molecule has 20 heavy (non-hydrogen) atoms. The molecule has 0 spiro atoms. The minimum Gasteiger partial charge on any atom is -0.369 e. The van der Waals surface area contributed by atoms with E-state index in [-0.39, 0.29) is 11.9 Å². The molecule has 1 aliphatic heterocycles. The van der Waals surface area contributed by atoms with Crippen molar-refractivity contribution in [1.29, 1.82) is 0 Å². The maximum Gasteiger partial charge on any atom is 0.246 e. The van der Waals surface area contributed by atoms with E-state index in [2.05, 4.69) is 54.5 Å². The first-order chi connectivity index (χ1) is 9.62. The summed E-state index contributed by atoms with van der Waals surface area (Å²) in [6.45, 7) is 10.4. The van der Waals surface area contributed by atoms with Crippen molar-refractivity contribution in [2.75, 3.05) is 23.3 Å². The van der Waals surface area contributed by atoms with Crippen LogP contribution in [0.4, 0.5) is 11.4 Å². The first-order valence-corrected chi connectivity index (χ1v) is 7.57. The number of benzene rings is 1. The van der Waals surface area contributed by atoms with Gasteiger partial charge in [-0.05, 0) is 38.9 Å². The highest BCUT2D eigenvalue weighted by Crippen LogP contribution is 2.34. The molecule has 1 aromatic carbocycles. The third kappa shape index (κ3) is 2.66. The van der Waals surface area contributed by atoms with Gasteiger partial charge in [0.2, 0.25) is 5.91 Å². The Bertz CT molecular complexity index is 487. The number of hydrogen-bond acceptors (Lipinski definition) is 3. The zero-order chi connectivity index (χ0) is 14.7. The van der Waals surface area contributed by atoms with Gasteiger partial charge < -0.3 is 15.5 Å². The van der Waals surface area contributed by atoms with E-state index in [1.54, 1.807) is 0 Å². The molecular weight excluding hydrogens is 250 g/mol.